The van der Waals surface area contributed by atoms with E-state index in [9.17, 15) is 4.79 Å². The topological polar surface area (TPSA) is 93.2 Å². The Morgan fingerprint density at radius 3 is 2.19 bits per heavy atom. The summed E-state index contributed by atoms with van der Waals surface area (Å²) >= 11 is 0. The highest BCUT2D eigenvalue weighted by Gasteiger charge is 2.15. The molecule has 27 heavy (non-hydrogen) atoms. The zero-order chi connectivity index (χ0) is 20.1. The van der Waals surface area contributed by atoms with Crippen LogP contribution in [0.2, 0.25) is 0 Å². The van der Waals surface area contributed by atoms with Crippen molar-refractivity contribution in [3.8, 4) is 11.5 Å². The average Bonchev–Trinajstić information content (AvgIpc) is 2.62. The summed E-state index contributed by atoms with van der Waals surface area (Å²) < 4.78 is 15.9. The standard InChI is InChI=1S/C19H32N4O4/c1-19(2,3)27-18(24)23-13-12-22-17(20-4)21-11-6-14-26-16-9-7-15(25-5)8-10-16/h7-10H,6,11-14H2,1-5H3,(H,23,24)(H2,20,21,22). The first-order valence-electron chi connectivity index (χ1n) is 9.02. The van der Waals surface area contributed by atoms with Gasteiger partial charge in [0.25, 0.3) is 0 Å². The third-order valence-electron chi connectivity index (χ3n) is 3.25. The van der Waals surface area contributed by atoms with E-state index in [0.29, 0.717) is 25.7 Å². The fourth-order valence-corrected chi connectivity index (χ4v) is 2.02. The largest absolute Gasteiger partial charge is 0.497 e. The molecular weight excluding hydrogens is 348 g/mol. The van der Waals surface area contributed by atoms with Crippen LogP contribution in [-0.2, 0) is 4.74 Å². The maximum Gasteiger partial charge on any atom is 0.407 e. The molecule has 0 bridgehead atoms. The summed E-state index contributed by atoms with van der Waals surface area (Å²) in [5.74, 6) is 2.29. The van der Waals surface area contributed by atoms with Crippen molar-refractivity contribution in [1.29, 1.82) is 0 Å². The Kier molecular flexibility index (Phi) is 9.85. The number of guanidine groups is 1. The van der Waals surface area contributed by atoms with Gasteiger partial charge in [-0.15, -0.1) is 0 Å². The molecule has 1 rings (SSSR count). The van der Waals surface area contributed by atoms with Gasteiger partial charge < -0.3 is 30.2 Å². The number of hydrogen-bond acceptors (Lipinski definition) is 5. The fraction of sp³-hybridized carbons (Fsp3) is 0.579. The second-order valence-corrected chi connectivity index (χ2v) is 6.73. The van der Waals surface area contributed by atoms with Crippen molar-refractivity contribution in [3.05, 3.63) is 24.3 Å². The normalized spacial score (nSPS) is 11.5. The van der Waals surface area contributed by atoms with E-state index in [1.807, 2.05) is 45.0 Å². The van der Waals surface area contributed by atoms with Crippen LogP contribution in [0.3, 0.4) is 0 Å². The summed E-state index contributed by atoms with van der Waals surface area (Å²) in [6.07, 6.45) is 0.394. The molecule has 152 valence electrons. The third-order valence-corrected chi connectivity index (χ3v) is 3.25. The Labute approximate surface area is 161 Å². The molecule has 0 fully saturated rings. The lowest BCUT2D eigenvalue weighted by Crippen LogP contribution is -2.42. The van der Waals surface area contributed by atoms with Gasteiger partial charge in [0.1, 0.15) is 17.1 Å². The zero-order valence-corrected chi connectivity index (χ0v) is 16.9. The van der Waals surface area contributed by atoms with Crippen molar-refractivity contribution in [2.75, 3.05) is 40.4 Å². The van der Waals surface area contributed by atoms with Crippen LogP contribution in [0, 0.1) is 0 Å². The number of nitrogens with one attached hydrogen (secondary N) is 3. The SMILES string of the molecule is CN=C(NCCCOc1ccc(OC)cc1)NCCNC(=O)OC(C)(C)C. The second-order valence-electron chi connectivity index (χ2n) is 6.73. The van der Waals surface area contributed by atoms with E-state index in [-0.39, 0.29) is 0 Å². The number of aliphatic imine (C=N–C) groups is 1. The van der Waals surface area contributed by atoms with Gasteiger partial charge >= 0.3 is 6.09 Å². The van der Waals surface area contributed by atoms with Crippen LogP contribution in [-0.4, -0.2) is 58.1 Å². The van der Waals surface area contributed by atoms with Crippen LogP contribution < -0.4 is 25.4 Å². The molecule has 0 heterocycles. The monoisotopic (exact) mass is 380 g/mol. The number of methoxy groups -OCH3 is 1. The highest BCUT2D eigenvalue weighted by atomic mass is 16.6. The minimum Gasteiger partial charge on any atom is -0.497 e. The van der Waals surface area contributed by atoms with Crippen LogP contribution in [0.4, 0.5) is 4.79 Å². The molecule has 0 atom stereocenters. The van der Waals surface area contributed by atoms with E-state index >= 15 is 0 Å². The Bertz CT molecular complexity index is 582. The minimum atomic E-state index is -0.497. The van der Waals surface area contributed by atoms with Crippen LogP contribution in [0.5, 0.6) is 11.5 Å². The number of nitrogens with zero attached hydrogens (tertiary/aromatic N) is 1. The van der Waals surface area contributed by atoms with Crippen LogP contribution in [0.15, 0.2) is 29.3 Å². The molecule has 0 aliphatic heterocycles. The van der Waals surface area contributed by atoms with Crippen LogP contribution >= 0.6 is 0 Å². The molecule has 0 aliphatic rings. The lowest BCUT2D eigenvalue weighted by molar-refractivity contribution is 0.0529. The molecular formula is C19H32N4O4. The Morgan fingerprint density at radius 2 is 1.59 bits per heavy atom. The molecule has 3 N–H and O–H groups in total. The molecule has 0 saturated heterocycles. The van der Waals surface area contributed by atoms with E-state index in [0.717, 1.165) is 24.5 Å². The Morgan fingerprint density at radius 1 is 1.00 bits per heavy atom. The summed E-state index contributed by atoms with van der Waals surface area (Å²) in [6.45, 7) is 7.78. The number of alkyl carbamates (subject to hydrolysis) is 1. The summed E-state index contributed by atoms with van der Waals surface area (Å²) in [7, 11) is 3.33. The predicted molar refractivity (Wildman–Crippen MR) is 107 cm³/mol. The van der Waals surface area contributed by atoms with Gasteiger partial charge in [0, 0.05) is 26.7 Å². The van der Waals surface area contributed by atoms with Gasteiger partial charge in [-0.25, -0.2) is 4.79 Å². The molecule has 0 spiro atoms. The molecule has 0 radical (unpaired) electrons. The highest BCUT2D eigenvalue weighted by molar-refractivity contribution is 5.79. The third kappa shape index (κ3) is 10.8. The zero-order valence-electron chi connectivity index (χ0n) is 16.9. The van der Waals surface area contributed by atoms with E-state index in [2.05, 4.69) is 20.9 Å². The van der Waals surface area contributed by atoms with E-state index in [4.69, 9.17) is 14.2 Å². The van der Waals surface area contributed by atoms with E-state index in [1.165, 1.54) is 0 Å². The molecule has 0 saturated carbocycles. The van der Waals surface area contributed by atoms with Gasteiger partial charge in [-0.05, 0) is 51.5 Å². The summed E-state index contributed by atoms with van der Waals surface area (Å²) in [5.41, 5.74) is -0.497. The maximum atomic E-state index is 11.5. The first-order chi connectivity index (χ1) is 12.8. The number of amides is 1. The number of benzene rings is 1. The first-order valence-corrected chi connectivity index (χ1v) is 9.02. The smallest absolute Gasteiger partial charge is 0.407 e. The van der Waals surface area contributed by atoms with Crippen LogP contribution in [0.1, 0.15) is 27.2 Å². The van der Waals surface area contributed by atoms with Gasteiger partial charge in [-0.3, -0.25) is 4.99 Å². The highest BCUT2D eigenvalue weighted by Crippen LogP contribution is 2.16. The van der Waals surface area contributed by atoms with Crippen molar-refractivity contribution in [3.63, 3.8) is 0 Å². The van der Waals surface area contributed by atoms with Crippen molar-refractivity contribution in [1.82, 2.24) is 16.0 Å². The number of hydrogen-bond donors (Lipinski definition) is 3. The Balaban J connectivity index is 2.11. The van der Waals surface area contributed by atoms with Crippen LogP contribution in [0.25, 0.3) is 0 Å². The summed E-state index contributed by atoms with van der Waals surface area (Å²) in [5, 5.41) is 9.00. The molecule has 0 unspecified atom stereocenters. The van der Waals surface area contributed by atoms with Crippen molar-refractivity contribution in [2.45, 2.75) is 32.8 Å². The van der Waals surface area contributed by atoms with E-state index < -0.39 is 11.7 Å². The Hall–Kier alpha value is -2.64. The van der Waals surface area contributed by atoms with Crippen molar-refractivity contribution in [2.24, 2.45) is 4.99 Å². The number of ether oxygens (including phenoxy) is 3. The number of carbonyl (C=O) groups excluding carboxylic acids is 1. The molecule has 1 aromatic carbocycles. The van der Waals surface area contributed by atoms with Gasteiger partial charge in [-0.1, -0.05) is 0 Å². The maximum absolute atomic E-state index is 11.5. The molecule has 0 aliphatic carbocycles. The number of rotatable bonds is 9. The molecule has 1 amide bonds. The quantitative estimate of drug-likeness (QED) is 0.345. The van der Waals surface area contributed by atoms with E-state index in [1.54, 1.807) is 14.2 Å². The molecule has 8 heteroatoms. The molecule has 1 aromatic rings. The summed E-state index contributed by atoms with van der Waals surface area (Å²) in [4.78, 5) is 15.7. The van der Waals surface area contributed by atoms with Gasteiger partial charge in [0.15, 0.2) is 5.96 Å². The van der Waals surface area contributed by atoms with Gasteiger partial charge in [-0.2, -0.15) is 0 Å². The lowest BCUT2D eigenvalue weighted by atomic mass is 10.2. The molecule has 8 nitrogen and oxygen atoms in total. The second kappa shape index (κ2) is 11.9. The van der Waals surface area contributed by atoms with Gasteiger partial charge in [0.05, 0.1) is 13.7 Å². The number of carbonyl (C=O) groups is 1. The predicted octanol–water partition coefficient (Wildman–Crippen LogP) is 2.15. The first kappa shape index (κ1) is 22.4. The van der Waals surface area contributed by atoms with Crippen molar-refractivity contribution >= 4 is 12.1 Å². The van der Waals surface area contributed by atoms with Crippen molar-refractivity contribution < 1.29 is 19.0 Å². The minimum absolute atomic E-state index is 0.428. The summed E-state index contributed by atoms with van der Waals surface area (Å²) in [6, 6.07) is 7.49. The van der Waals surface area contributed by atoms with Gasteiger partial charge in [0.2, 0.25) is 0 Å². The lowest BCUT2D eigenvalue weighted by Gasteiger charge is -2.19. The average molecular weight is 380 g/mol. The molecule has 0 aromatic heterocycles. The fourth-order valence-electron chi connectivity index (χ4n) is 2.02.